The first kappa shape index (κ1) is 15.3. The minimum Gasteiger partial charge on any atom is -0.338 e. The van der Waals surface area contributed by atoms with Crippen LogP contribution in [-0.4, -0.2) is 58.2 Å². The molecule has 0 bridgehead atoms. The number of aryl methyl sites for hydroxylation is 1. The maximum absolute atomic E-state index is 12.3. The van der Waals surface area contributed by atoms with Gasteiger partial charge in [0.15, 0.2) is 5.82 Å². The van der Waals surface area contributed by atoms with Crippen molar-refractivity contribution >= 4 is 6.03 Å². The summed E-state index contributed by atoms with van der Waals surface area (Å²) in [6.07, 6.45) is 2.28. The molecule has 0 spiro atoms. The third-order valence-corrected chi connectivity index (χ3v) is 4.91. The maximum Gasteiger partial charge on any atom is 0.317 e. The zero-order valence-corrected chi connectivity index (χ0v) is 13.6. The Balaban J connectivity index is 1.44. The van der Waals surface area contributed by atoms with Crippen molar-refractivity contribution in [2.45, 2.75) is 46.2 Å². The lowest BCUT2D eigenvalue weighted by atomic mass is 9.67. The second-order valence-corrected chi connectivity index (χ2v) is 7.03. The number of hydrogen-bond donors (Lipinski definition) is 1. The third kappa shape index (κ3) is 3.24. The molecule has 1 saturated carbocycles. The highest BCUT2D eigenvalue weighted by molar-refractivity contribution is 5.74. The monoisotopic (exact) mass is 307 g/mol. The summed E-state index contributed by atoms with van der Waals surface area (Å²) in [5, 5.41) is 6.97. The fraction of sp³-hybridized carbons (Fsp3) is 0.800. The molecule has 1 aromatic rings. The average molecular weight is 307 g/mol. The summed E-state index contributed by atoms with van der Waals surface area (Å²) >= 11 is 0. The lowest BCUT2D eigenvalue weighted by Crippen LogP contribution is -2.58. The molecule has 2 aliphatic rings. The second-order valence-electron chi connectivity index (χ2n) is 7.03. The van der Waals surface area contributed by atoms with Crippen LogP contribution in [0.3, 0.4) is 0 Å². The molecule has 1 unspecified atom stereocenters. The van der Waals surface area contributed by atoms with Crippen molar-refractivity contribution in [3.05, 3.63) is 11.7 Å². The smallest absolute Gasteiger partial charge is 0.317 e. The summed E-state index contributed by atoms with van der Waals surface area (Å²) in [4.78, 5) is 20.7. The molecule has 2 amide bonds. The number of carbonyl (C=O) groups is 1. The van der Waals surface area contributed by atoms with Crippen molar-refractivity contribution < 1.29 is 9.32 Å². The largest absolute Gasteiger partial charge is 0.338 e. The molecule has 0 aromatic carbocycles. The van der Waals surface area contributed by atoms with Crippen LogP contribution in [0.1, 0.15) is 38.4 Å². The summed E-state index contributed by atoms with van der Waals surface area (Å²) < 4.78 is 5.14. The number of hydrogen-bond acceptors (Lipinski definition) is 5. The van der Waals surface area contributed by atoms with Crippen LogP contribution in [0.5, 0.6) is 0 Å². The Morgan fingerprint density at radius 3 is 2.59 bits per heavy atom. The number of piperazine rings is 1. The van der Waals surface area contributed by atoms with Gasteiger partial charge in [-0.05, 0) is 25.2 Å². The Labute approximate surface area is 131 Å². The molecule has 2 fully saturated rings. The van der Waals surface area contributed by atoms with E-state index in [2.05, 4.69) is 34.2 Å². The molecule has 3 rings (SSSR count). The predicted octanol–water partition coefficient (Wildman–Crippen LogP) is 1.39. The second kappa shape index (κ2) is 5.87. The van der Waals surface area contributed by atoms with Gasteiger partial charge in [0.25, 0.3) is 0 Å². The third-order valence-electron chi connectivity index (χ3n) is 4.91. The Kier molecular flexibility index (Phi) is 4.08. The van der Waals surface area contributed by atoms with E-state index in [0.29, 0.717) is 24.3 Å². The number of nitrogens with one attached hydrogen (secondary N) is 1. The van der Waals surface area contributed by atoms with Gasteiger partial charge in [-0.15, -0.1) is 0 Å². The molecular formula is C15H25N5O2. The first-order valence-electron chi connectivity index (χ1n) is 8.01. The van der Waals surface area contributed by atoms with Crippen molar-refractivity contribution in [3.8, 4) is 0 Å². The summed E-state index contributed by atoms with van der Waals surface area (Å²) in [6, 6.07) is 0.394. The summed E-state index contributed by atoms with van der Waals surface area (Å²) in [6.45, 7) is 10.1. The van der Waals surface area contributed by atoms with E-state index < -0.39 is 0 Å². The Bertz CT molecular complexity index is 534. The molecule has 1 aromatic heterocycles. The van der Waals surface area contributed by atoms with Gasteiger partial charge in [-0.25, -0.2) is 4.79 Å². The zero-order valence-electron chi connectivity index (χ0n) is 13.6. The zero-order chi connectivity index (χ0) is 15.7. The van der Waals surface area contributed by atoms with Crippen LogP contribution >= 0.6 is 0 Å². The highest BCUT2D eigenvalue weighted by Crippen LogP contribution is 2.39. The number of aromatic nitrogens is 2. The normalized spacial score (nSPS) is 24.9. The van der Waals surface area contributed by atoms with Gasteiger partial charge in [-0.3, -0.25) is 4.90 Å². The molecule has 122 valence electrons. The summed E-state index contributed by atoms with van der Waals surface area (Å²) in [5.41, 5.74) is 0.243. The number of urea groups is 1. The van der Waals surface area contributed by atoms with Gasteiger partial charge in [0.05, 0.1) is 6.54 Å². The van der Waals surface area contributed by atoms with Crippen LogP contribution in [0.4, 0.5) is 4.79 Å². The number of rotatable bonds is 3. The minimum atomic E-state index is 0.0751. The lowest BCUT2D eigenvalue weighted by Gasteiger charge is -2.46. The fourth-order valence-corrected chi connectivity index (χ4v) is 3.08. The van der Waals surface area contributed by atoms with Crippen LogP contribution in [0.2, 0.25) is 0 Å². The first-order valence-corrected chi connectivity index (χ1v) is 8.01. The Hall–Kier alpha value is -1.63. The van der Waals surface area contributed by atoms with E-state index in [4.69, 9.17) is 4.52 Å². The van der Waals surface area contributed by atoms with Crippen molar-refractivity contribution in [2.75, 3.05) is 26.2 Å². The van der Waals surface area contributed by atoms with Gasteiger partial charge in [0.2, 0.25) is 5.89 Å². The van der Waals surface area contributed by atoms with Crippen LogP contribution in [0.25, 0.3) is 0 Å². The highest BCUT2D eigenvalue weighted by atomic mass is 16.5. The van der Waals surface area contributed by atoms with Crippen LogP contribution in [-0.2, 0) is 6.54 Å². The van der Waals surface area contributed by atoms with E-state index in [1.165, 1.54) is 6.42 Å². The predicted molar refractivity (Wildman–Crippen MR) is 81.2 cm³/mol. The number of nitrogens with zero attached hydrogens (tertiary/aromatic N) is 4. The highest BCUT2D eigenvalue weighted by Gasteiger charge is 2.40. The Morgan fingerprint density at radius 2 is 2.09 bits per heavy atom. The fourth-order valence-electron chi connectivity index (χ4n) is 3.08. The molecular weight excluding hydrogens is 282 g/mol. The molecule has 22 heavy (non-hydrogen) atoms. The van der Waals surface area contributed by atoms with Crippen molar-refractivity contribution in [2.24, 2.45) is 5.41 Å². The van der Waals surface area contributed by atoms with Crippen molar-refractivity contribution in [3.63, 3.8) is 0 Å². The van der Waals surface area contributed by atoms with E-state index in [1.54, 1.807) is 0 Å². The molecule has 1 aliphatic heterocycles. The molecule has 7 heteroatoms. The summed E-state index contributed by atoms with van der Waals surface area (Å²) in [5.74, 6) is 1.31. The van der Waals surface area contributed by atoms with Gasteiger partial charge in [-0.1, -0.05) is 19.0 Å². The number of amides is 2. The topological polar surface area (TPSA) is 74.5 Å². The van der Waals surface area contributed by atoms with Gasteiger partial charge in [-0.2, -0.15) is 4.98 Å². The van der Waals surface area contributed by atoms with E-state index in [1.807, 2.05) is 11.8 Å². The molecule has 1 aliphatic carbocycles. The van der Waals surface area contributed by atoms with Crippen LogP contribution in [0.15, 0.2) is 4.52 Å². The number of carbonyl (C=O) groups excluding carboxylic acids is 1. The Morgan fingerprint density at radius 1 is 1.36 bits per heavy atom. The maximum atomic E-state index is 12.3. The van der Waals surface area contributed by atoms with Gasteiger partial charge in [0.1, 0.15) is 0 Å². The first-order chi connectivity index (χ1) is 10.4. The minimum absolute atomic E-state index is 0.0751. The molecule has 1 N–H and O–H groups in total. The molecule has 7 nitrogen and oxygen atoms in total. The summed E-state index contributed by atoms with van der Waals surface area (Å²) in [7, 11) is 0. The molecule has 0 radical (unpaired) electrons. The standard InChI is InChI=1S/C15H25N5O2/c1-11-16-13(22-18-11)10-19-6-8-20(9-7-19)14(21)17-12-4-5-15(12,2)3/h12H,4-10H2,1-3H3,(H,17,21). The van der Waals surface area contributed by atoms with E-state index in [-0.39, 0.29) is 11.4 Å². The van der Waals surface area contributed by atoms with Crippen LogP contribution in [0, 0.1) is 12.3 Å². The van der Waals surface area contributed by atoms with Crippen LogP contribution < -0.4 is 5.32 Å². The van der Waals surface area contributed by atoms with Gasteiger partial charge < -0.3 is 14.7 Å². The van der Waals surface area contributed by atoms with Gasteiger partial charge in [0, 0.05) is 32.2 Å². The van der Waals surface area contributed by atoms with E-state index in [0.717, 1.165) is 32.6 Å². The van der Waals surface area contributed by atoms with E-state index >= 15 is 0 Å². The quantitative estimate of drug-likeness (QED) is 0.913. The average Bonchev–Trinajstić information content (AvgIpc) is 2.89. The SMILES string of the molecule is Cc1noc(CN2CCN(C(=O)NC3CCC3(C)C)CC2)n1. The lowest BCUT2D eigenvalue weighted by molar-refractivity contribution is 0.0907. The van der Waals surface area contributed by atoms with Crippen molar-refractivity contribution in [1.82, 2.24) is 25.3 Å². The van der Waals surface area contributed by atoms with E-state index in [9.17, 15) is 4.79 Å². The molecule has 1 saturated heterocycles. The molecule has 2 heterocycles. The van der Waals surface area contributed by atoms with Gasteiger partial charge >= 0.3 is 6.03 Å². The molecule has 1 atom stereocenters. The van der Waals surface area contributed by atoms with Crippen molar-refractivity contribution in [1.29, 1.82) is 0 Å².